The molecule has 2 amide bonds. The number of ether oxygens (including phenoxy) is 1. The monoisotopic (exact) mass is 386 g/mol. The summed E-state index contributed by atoms with van der Waals surface area (Å²) in [5.41, 5.74) is 6.57. The molecule has 0 aliphatic heterocycles. The Hall–Kier alpha value is -2.47. The van der Waals surface area contributed by atoms with Gasteiger partial charge in [-0.05, 0) is 54.3 Å². The fourth-order valence-corrected chi connectivity index (χ4v) is 3.00. The number of carbonyl (C=O) groups excluding carboxylic acids is 2. The maximum absolute atomic E-state index is 12.1. The molecule has 27 heavy (non-hydrogen) atoms. The number of amides is 2. The third-order valence-electron chi connectivity index (χ3n) is 3.83. The molecule has 5 nitrogen and oxygen atoms in total. The molecule has 144 valence electrons. The lowest BCUT2D eigenvalue weighted by atomic mass is 9.87. The Labute approximate surface area is 164 Å². The fraction of sp³-hybridized carbons (Fsp3) is 0.333. The minimum Gasteiger partial charge on any atom is -0.494 e. The third-order valence-corrected chi connectivity index (χ3v) is 4.85. The summed E-state index contributed by atoms with van der Waals surface area (Å²) in [5.74, 6) is 0.400. The normalized spacial score (nSPS) is 11.0. The molecular formula is C21H26N2O3S. The van der Waals surface area contributed by atoms with E-state index in [-0.39, 0.29) is 23.0 Å². The van der Waals surface area contributed by atoms with E-state index in [1.54, 1.807) is 12.1 Å². The molecule has 0 unspecified atom stereocenters. The SMILES string of the molecule is CCOc1ccc(SCC(=O)NNC(=O)c2ccc(C(C)(C)C)cc2)cc1. The van der Waals surface area contributed by atoms with E-state index in [9.17, 15) is 9.59 Å². The molecule has 2 aromatic rings. The Morgan fingerprint density at radius 3 is 2.15 bits per heavy atom. The maximum atomic E-state index is 12.1. The van der Waals surface area contributed by atoms with Crippen molar-refractivity contribution in [3.05, 3.63) is 59.7 Å². The highest BCUT2D eigenvalue weighted by Crippen LogP contribution is 2.22. The van der Waals surface area contributed by atoms with E-state index in [2.05, 4.69) is 31.6 Å². The minimum atomic E-state index is -0.338. The summed E-state index contributed by atoms with van der Waals surface area (Å²) >= 11 is 1.39. The van der Waals surface area contributed by atoms with Crippen molar-refractivity contribution in [2.45, 2.75) is 38.0 Å². The van der Waals surface area contributed by atoms with Gasteiger partial charge in [-0.2, -0.15) is 0 Å². The third kappa shape index (κ3) is 6.64. The van der Waals surface area contributed by atoms with Crippen LogP contribution in [0.1, 0.15) is 43.6 Å². The van der Waals surface area contributed by atoms with Crippen LogP contribution in [-0.4, -0.2) is 24.2 Å². The van der Waals surface area contributed by atoms with Crippen molar-refractivity contribution in [2.75, 3.05) is 12.4 Å². The molecule has 0 radical (unpaired) electrons. The second-order valence-electron chi connectivity index (χ2n) is 7.02. The zero-order chi connectivity index (χ0) is 19.9. The van der Waals surface area contributed by atoms with Crippen molar-refractivity contribution in [1.82, 2.24) is 10.9 Å². The molecule has 0 bridgehead atoms. The molecule has 2 N–H and O–H groups in total. The Kier molecular flexibility index (Phi) is 7.30. The first-order valence-corrected chi connectivity index (χ1v) is 9.83. The molecule has 0 aliphatic rings. The van der Waals surface area contributed by atoms with Crippen LogP contribution >= 0.6 is 11.8 Å². The predicted octanol–water partition coefficient (Wildman–Crippen LogP) is 3.94. The highest BCUT2D eigenvalue weighted by molar-refractivity contribution is 8.00. The molecule has 0 heterocycles. The number of nitrogens with one attached hydrogen (secondary N) is 2. The summed E-state index contributed by atoms with van der Waals surface area (Å²) in [5, 5.41) is 0. The molecule has 0 fully saturated rings. The second kappa shape index (κ2) is 9.46. The molecule has 0 aromatic heterocycles. The summed E-state index contributed by atoms with van der Waals surface area (Å²) in [7, 11) is 0. The van der Waals surface area contributed by atoms with Crippen molar-refractivity contribution in [2.24, 2.45) is 0 Å². The second-order valence-corrected chi connectivity index (χ2v) is 8.07. The van der Waals surface area contributed by atoms with Crippen molar-refractivity contribution >= 4 is 23.6 Å². The van der Waals surface area contributed by atoms with Crippen molar-refractivity contribution < 1.29 is 14.3 Å². The average Bonchev–Trinajstić information content (AvgIpc) is 2.65. The summed E-state index contributed by atoms with van der Waals surface area (Å²) in [6.07, 6.45) is 0. The standard InChI is InChI=1S/C21H26N2O3S/c1-5-26-17-10-12-18(13-11-17)27-14-19(24)22-23-20(25)15-6-8-16(9-7-15)21(2,3)4/h6-13H,5,14H2,1-4H3,(H,22,24)(H,23,25). The summed E-state index contributed by atoms with van der Waals surface area (Å²) in [4.78, 5) is 25.0. The van der Waals surface area contributed by atoms with Gasteiger partial charge in [0.2, 0.25) is 5.91 Å². The molecule has 6 heteroatoms. The van der Waals surface area contributed by atoms with Gasteiger partial charge in [-0.3, -0.25) is 20.4 Å². The number of hydrazine groups is 1. The van der Waals surface area contributed by atoms with Gasteiger partial charge in [0.05, 0.1) is 12.4 Å². The Morgan fingerprint density at radius 1 is 0.963 bits per heavy atom. The predicted molar refractivity (Wildman–Crippen MR) is 109 cm³/mol. The van der Waals surface area contributed by atoms with Crippen LogP contribution in [0.5, 0.6) is 5.75 Å². The van der Waals surface area contributed by atoms with Crippen LogP contribution in [0.3, 0.4) is 0 Å². The maximum Gasteiger partial charge on any atom is 0.269 e. The summed E-state index contributed by atoms with van der Waals surface area (Å²) < 4.78 is 5.38. The summed E-state index contributed by atoms with van der Waals surface area (Å²) in [6, 6.07) is 14.9. The number of hydrogen-bond donors (Lipinski definition) is 2. The van der Waals surface area contributed by atoms with E-state index >= 15 is 0 Å². The Bertz CT molecular complexity index is 766. The van der Waals surface area contributed by atoms with E-state index in [1.807, 2.05) is 43.3 Å². The molecule has 2 aromatic carbocycles. The number of benzene rings is 2. The van der Waals surface area contributed by atoms with Crippen molar-refractivity contribution in [1.29, 1.82) is 0 Å². The van der Waals surface area contributed by atoms with Gasteiger partial charge in [0.25, 0.3) is 5.91 Å². The number of rotatable bonds is 6. The van der Waals surface area contributed by atoms with Crippen LogP contribution in [0.25, 0.3) is 0 Å². The van der Waals surface area contributed by atoms with Gasteiger partial charge in [0, 0.05) is 10.5 Å². The molecule has 0 saturated heterocycles. The highest BCUT2D eigenvalue weighted by Gasteiger charge is 2.14. The Balaban J connectivity index is 1.78. The van der Waals surface area contributed by atoms with E-state index in [0.717, 1.165) is 16.2 Å². The lowest BCUT2D eigenvalue weighted by Crippen LogP contribution is -2.42. The Morgan fingerprint density at radius 2 is 1.59 bits per heavy atom. The van der Waals surface area contributed by atoms with E-state index in [4.69, 9.17) is 4.74 Å². The smallest absolute Gasteiger partial charge is 0.269 e. The van der Waals surface area contributed by atoms with Crippen LogP contribution in [0.15, 0.2) is 53.4 Å². The lowest BCUT2D eigenvalue weighted by molar-refractivity contribution is -0.119. The van der Waals surface area contributed by atoms with Crippen LogP contribution < -0.4 is 15.6 Å². The van der Waals surface area contributed by atoms with Crippen molar-refractivity contribution in [3.63, 3.8) is 0 Å². The topological polar surface area (TPSA) is 67.4 Å². The first-order chi connectivity index (χ1) is 12.8. The first kappa shape index (κ1) is 20.8. The van der Waals surface area contributed by atoms with Crippen LogP contribution in [0.4, 0.5) is 0 Å². The van der Waals surface area contributed by atoms with Crippen molar-refractivity contribution in [3.8, 4) is 5.75 Å². The quantitative estimate of drug-likeness (QED) is 0.583. The van der Waals surface area contributed by atoms with Gasteiger partial charge < -0.3 is 4.74 Å². The molecule has 0 atom stereocenters. The molecule has 0 aliphatic carbocycles. The molecular weight excluding hydrogens is 360 g/mol. The first-order valence-electron chi connectivity index (χ1n) is 8.85. The van der Waals surface area contributed by atoms with Gasteiger partial charge >= 0.3 is 0 Å². The lowest BCUT2D eigenvalue weighted by Gasteiger charge is -2.19. The van der Waals surface area contributed by atoms with Gasteiger partial charge in [-0.15, -0.1) is 11.8 Å². The number of hydrogen-bond acceptors (Lipinski definition) is 4. The average molecular weight is 387 g/mol. The zero-order valence-electron chi connectivity index (χ0n) is 16.2. The largest absolute Gasteiger partial charge is 0.494 e. The van der Waals surface area contributed by atoms with Gasteiger partial charge in [-0.25, -0.2) is 0 Å². The van der Waals surface area contributed by atoms with Gasteiger partial charge in [0.1, 0.15) is 5.75 Å². The molecule has 0 saturated carbocycles. The zero-order valence-corrected chi connectivity index (χ0v) is 17.0. The number of carbonyl (C=O) groups is 2. The van der Waals surface area contributed by atoms with E-state index < -0.39 is 0 Å². The van der Waals surface area contributed by atoms with Crippen LogP contribution in [0, 0.1) is 0 Å². The summed E-state index contributed by atoms with van der Waals surface area (Å²) in [6.45, 7) is 8.90. The van der Waals surface area contributed by atoms with E-state index in [1.165, 1.54) is 11.8 Å². The minimum absolute atomic E-state index is 0.0291. The molecule has 2 rings (SSSR count). The highest BCUT2D eigenvalue weighted by atomic mass is 32.2. The van der Waals surface area contributed by atoms with E-state index in [0.29, 0.717) is 12.2 Å². The van der Waals surface area contributed by atoms with Crippen LogP contribution in [-0.2, 0) is 10.2 Å². The number of thioether (sulfide) groups is 1. The van der Waals surface area contributed by atoms with Gasteiger partial charge in [0.15, 0.2) is 0 Å². The molecule has 0 spiro atoms. The fourth-order valence-electron chi connectivity index (χ4n) is 2.30. The van der Waals surface area contributed by atoms with Gasteiger partial charge in [-0.1, -0.05) is 32.9 Å². The van der Waals surface area contributed by atoms with Crippen LogP contribution in [0.2, 0.25) is 0 Å².